The van der Waals surface area contributed by atoms with Crippen molar-refractivity contribution in [2.24, 2.45) is 0 Å². The molecule has 7 heteroatoms. The van der Waals surface area contributed by atoms with E-state index in [2.05, 4.69) is 10.3 Å². The van der Waals surface area contributed by atoms with E-state index < -0.39 is 5.97 Å². The number of nitrogens with zero attached hydrogens (tertiary/aromatic N) is 3. The van der Waals surface area contributed by atoms with Gasteiger partial charge in [0.25, 0.3) is 0 Å². The highest BCUT2D eigenvalue weighted by Crippen LogP contribution is 2.13. The summed E-state index contributed by atoms with van der Waals surface area (Å²) in [6, 6.07) is 9.08. The van der Waals surface area contributed by atoms with E-state index in [1.165, 1.54) is 4.68 Å². The summed E-state index contributed by atoms with van der Waals surface area (Å²) in [7, 11) is 0. The molecule has 0 amide bonds. The number of carbonyl (C=O) groups is 1. The first-order valence-corrected chi connectivity index (χ1v) is 6.16. The van der Waals surface area contributed by atoms with Gasteiger partial charge in [0.2, 0.25) is 0 Å². The molecule has 0 radical (unpaired) electrons. The number of carboxylic acids is 1. The van der Waals surface area contributed by atoms with Gasteiger partial charge in [0, 0.05) is 13.2 Å². The van der Waals surface area contributed by atoms with Crippen LogP contribution in [0.2, 0.25) is 0 Å². The molecule has 1 aromatic heterocycles. The molecule has 1 aromatic carbocycles. The fourth-order valence-electron chi connectivity index (χ4n) is 1.71. The van der Waals surface area contributed by atoms with Crippen LogP contribution in [0, 0.1) is 0 Å². The zero-order valence-corrected chi connectivity index (χ0v) is 10.8. The van der Waals surface area contributed by atoms with Gasteiger partial charge in [-0.2, -0.15) is 0 Å². The lowest BCUT2D eigenvalue weighted by Gasteiger charge is -2.08. The van der Waals surface area contributed by atoms with Crippen molar-refractivity contribution in [1.82, 2.24) is 15.0 Å². The normalized spacial score (nSPS) is 10.4. The van der Waals surface area contributed by atoms with Gasteiger partial charge in [-0.1, -0.05) is 23.4 Å². The van der Waals surface area contributed by atoms with E-state index in [0.29, 0.717) is 24.4 Å². The molecule has 0 atom stereocenters. The Bertz CT molecular complexity index is 568. The second kappa shape index (κ2) is 6.67. The number of benzene rings is 1. The largest absolute Gasteiger partial charge is 0.487 e. The zero-order valence-electron chi connectivity index (χ0n) is 10.8. The molecule has 0 bridgehead atoms. The van der Waals surface area contributed by atoms with Crippen molar-refractivity contribution in [2.75, 3.05) is 6.61 Å². The van der Waals surface area contributed by atoms with Crippen LogP contribution in [0.1, 0.15) is 22.6 Å². The van der Waals surface area contributed by atoms with Crippen molar-refractivity contribution < 1.29 is 19.7 Å². The molecule has 0 unspecified atom stereocenters. The van der Waals surface area contributed by atoms with E-state index >= 15 is 0 Å². The van der Waals surface area contributed by atoms with Crippen LogP contribution in [0.4, 0.5) is 0 Å². The number of hydrogen-bond donors (Lipinski definition) is 2. The molecule has 0 aliphatic carbocycles. The van der Waals surface area contributed by atoms with Gasteiger partial charge in [-0.15, -0.1) is 5.10 Å². The van der Waals surface area contributed by atoms with Crippen molar-refractivity contribution in [3.63, 3.8) is 0 Å². The topological polar surface area (TPSA) is 97.5 Å². The molecular formula is C13H15N3O4. The number of aliphatic hydroxyl groups excluding tert-OH is 1. The molecule has 7 nitrogen and oxygen atoms in total. The number of rotatable bonds is 7. The van der Waals surface area contributed by atoms with Gasteiger partial charge in [-0.25, -0.2) is 9.48 Å². The van der Waals surface area contributed by atoms with E-state index in [9.17, 15) is 4.79 Å². The highest BCUT2D eigenvalue weighted by Gasteiger charge is 2.19. The molecule has 0 saturated carbocycles. The third-order valence-corrected chi connectivity index (χ3v) is 2.69. The monoisotopic (exact) mass is 277 g/mol. The molecule has 20 heavy (non-hydrogen) atoms. The van der Waals surface area contributed by atoms with Crippen molar-refractivity contribution in [1.29, 1.82) is 0 Å². The van der Waals surface area contributed by atoms with Gasteiger partial charge >= 0.3 is 5.97 Å². The van der Waals surface area contributed by atoms with Crippen LogP contribution in [0.25, 0.3) is 0 Å². The van der Waals surface area contributed by atoms with Crippen LogP contribution in [0.3, 0.4) is 0 Å². The third-order valence-electron chi connectivity index (χ3n) is 2.69. The van der Waals surface area contributed by atoms with Gasteiger partial charge < -0.3 is 14.9 Å². The van der Waals surface area contributed by atoms with Gasteiger partial charge in [0.15, 0.2) is 5.69 Å². The van der Waals surface area contributed by atoms with Gasteiger partial charge in [0.05, 0.1) is 0 Å². The molecule has 1 heterocycles. The lowest BCUT2D eigenvalue weighted by molar-refractivity contribution is 0.0687. The minimum Gasteiger partial charge on any atom is -0.487 e. The maximum atomic E-state index is 11.1. The van der Waals surface area contributed by atoms with Crippen LogP contribution in [0.15, 0.2) is 30.3 Å². The summed E-state index contributed by atoms with van der Waals surface area (Å²) in [5.74, 6) is -0.509. The van der Waals surface area contributed by atoms with E-state index in [4.69, 9.17) is 14.9 Å². The standard InChI is InChI=1S/C13H15N3O4/c17-8-4-7-16-11(12(13(18)19)14-15-16)9-20-10-5-2-1-3-6-10/h1-3,5-6,17H,4,7-9H2,(H,18,19). The van der Waals surface area contributed by atoms with Crippen molar-refractivity contribution in [3.05, 3.63) is 41.7 Å². The Kier molecular flexibility index (Phi) is 4.67. The number of ether oxygens (including phenoxy) is 1. The highest BCUT2D eigenvalue weighted by molar-refractivity contribution is 5.86. The van der Waals surface area contributed by atoms with Crippen molar-refractivity contribution in [2.45, 2.75) is 19.6 Å². The summed E-state index contributed by atoms with van der Waals surface area (Å²) in [4.78, 5) is 11.1. The van der Waals surface area contributed by atoms with Crippen LogP contribution in [-0.2, 0) is 13.2 Å². The Balaban J connectivity index is 2.15. The Labute approximate surface area is 115 Å². The maximum Gasteiger partial charge on any atom is 0.358 e. The Morgan fingerprint density at radius 2 is 2.05 bits per heavy atom. The molecule has 0 aliphatic heterocycles. The Hall–Kier alpha value is -2.41. The molecule has 0 spiro atoms. The smallest absolute Gasteiger partial charge is 0.358 e. The number of para-hydroxylation sites is 1. The van der Waals surface area contributed by atoms with Gasteiger partial charge in [-0.3, -0.25) is 0 Å². The fraction of sp³-hybridized carbons (Fsp3) is 0.308. The lowest BCUT2D eigenvalue weighted by atomic mass is 10.3. The van der Waals surface area contributed by atoms with Gasteiger partial charge in [0.1, 0.15) is 18.1 Å². The van der Waals surface area contributed by atoms with E-state index in [-0.39, 0.29) is 18.9 Å². The first-order chi connectivity index (χ1) is 9.72. The fourth-order valence-corrected chi connectivity index (χ4v) is 1.71. The second-order valence-corrected chi connectivity index (χ2v) is 4.09. The minimum absolute atomic E-state index is 0.00124. The lowest BCUT2D eigenvalue weighted by Crippen LogP contribution is -2.12. The molecule has 0 aliphatic rings. The number of aryl methyl sites for hydroxylation is 1. The predicted octanol–water partition coefficient (Wildman–Crippen LogP) is 0.938. The van der Waals surface area contributed by atoms with Crippen LogP contribution in [0.5, 0.6) is 5.75 Å². The third kappa shape index (κ3) is 3.33. The van der Waals surface area contributed by atoms with Gasteiger partial charge in [-0.05, 0) is 18.6 Å². The summed E-state index contributed by atoms with van der Waals surface area (Å²) < 4.78 is 6.98. The SMILES string of the molecule is O=C(O)c1nnn(CCCO)c1COc1ccccc1. The van der Waals surface area contributed by atoms with E-state index in [0.717, 1.165) is 0 Å². The van der Waals surface area contributed by atoms with Crippen LogP contribution >= 0.6 is 0 Å². The predicted molar refractivity (Wildman–Crippen MR) is 69.5 cm³/mol. The molecule has 0 saturated heterocycles. The first kappa shape index (κ1) is 14.0. The number of aromatic nitrogens is 3. The summed E-state index contributed by atoms with van der Waals surface area (Å²) in [5.41, 5.74) is 0.258. The van der Waals surface area contributed by atoms with Crippen LogP contribution < -0.4 is 4.74 Å². The Morgan fingerprint density at radius 1 is 1.30 bits per heavy atom. The number of hydrogen-bond acceptors (Lipinski definition) is 5. The van der Waals surface area contributed by atoms with Crippen molar-refractivity contribution >= 4 is 5.97 Å². The molecule has 0 fully saturated rings. The van der Waals surface area contributed by atoms with E-state index in [1.807, 2.05) is 18.2 Å². The number of carboxylic acid groups (broad SMARTS) is 1. The zero-order chi connectivity index (χ0) is 14.4. The second-order valence-electron chi connectivity index (χ2n) is 4.09. The van der Waals surface area contributed by atoms with Crippen molar-refractivity contribution in [3.8, 4) is 5.75 Å². The Morgan fingerprint density at radius 3 is 2.70 bits per heavy atom. The number of aliphatic hydroxyl groups is 1. The minimum atomic E-state index is -1.15. The molecule has 2 rings (SSSR count). The average Bonchev–Trinajstić information content (AvgIpc) is 2.87. The number of aromatic carboxylic acids is 1. The maximum absolute atomic E-state index is 11.1. The van der Waals surface area contributed by atoms with E-state index in [1.54, 1.807) is 12.1 Å². The highest BCUT2D eigenvalue weighted by atomic mass is 16.5. The first-order valence-electron chi connectivity index (χ1n) is 6.16. The summed E-state index contributed by atoms with van der Waals surface area (Å²) in [6.45, 7) is 0.454. The summed E-state index contributed by atoms with van der Waals surface area (Å²) in [5, 5.41) is 25.3. The van der Waals surface area contributed by atoms with Crippen LogP contribution in [-0.4, -0.2) is 37.8 Å². The quantitative estimate of drug-likeness (QED) is 0.781. The summed E-state index contributed by atoms with van der Waals surface area (Å²) >= 11 is 0. The molecule has 2 N–H and O–H groups in total. The molecule has 106 valence electrons. The molecule has 2 aromatic rings. The summed E-state index contributed by atoms with van der Waals surface area (Å²) in [6.07, 6.45) is 0.473. The average molecular weight is 277 g/mol. The molecular weight excluding hydrogens is 262 g/mol.